The zero-order valence-corrected chi connectivity index (χ0v) is 12.0. The van der Waals surface area contributed by atoms with Crippen LogP contribution in [0.25, 0.3) is 0 Å². The number of rotatable bonds is 5. The van der Waals surface area contributed by atoms with E-state index in [1.807, 2.05) is 12.1 Å². The highest BCUT2D eigenvalue weighted by atomic mass is 19.1. The standard InChI is InChI=1S/C16H17FN2O2/c1-16(2,21-14-7-5-13(17)6-8-14)15(20)19-11-12-4-3-9-18-10-12/h3-10H,11H2,1-2H3,(H,19,20). The minimum absolute atomic E-state index is 0.254. The first-order chi connectivity index (χ1) is 9.97. The fourth-order valence-electron chi connectivity index (χ4n) is 1.74. The molecule has 2 rings (SSSR count). The zero-order chi connectivity index (χ0) is 15.3. The van der Waals surface area contributed by atoms with Crippen LogP contribution in [0.3, 0.4) is 0 Å². The van der Waals surface area contributed by atoms with Gasteiger partial charge in [-0.1, -0.05) is 6.07 Å². The molecule has 21 heavy (non-hydrogen) atoms. The van der Waals surface area contributed by atoms with E-state index in [0.29, 0.717) is 12.3 Å². The lowest BCUT2D eigenvalue weighted by Crippen LogP contribution is -2.46. The van der Waals surface area contributed by atoms with Gasteiger partial charge in [0.25, 0.3) is 5.91 Å². The van der Waals surface area contributed by atoms with Gasteiger partial charge in [0.1, 0.15) is 11.6 Å². The first-order valence-corrected chi connectivity index (χ1v) is 6.59. The summed E-state index contributed by atoms with van der Waals surface area (Å²) in [6.45, 7) is 3.70. The third kappa shape index (κ3) is 4.27. The van der Waals surface area contributed by atoms with Crippen LogP contribution in [0, 0.1) is 5.82 Å². The minimum Gasteiger partial charge on any atom is -0.478 e. The third-order valence-corrected chi connectivity index (χ3v) is 2.91. The van der Waals surface area contributed by atoms with Gasteiger partial charge in [-0.3, -0.25) is 9.78 Å². The molecule has 1 N–H and O–H groups in total. The lowest BCUT2D eigenvalue weighted by molar-refractivity contribution is -0.134. The normalized spacial score (nSPS) is 11.0. The Kier molecular flexibility index (Phi) is 4.52. The van der Waals surface area contributed by atoms with Gasteiger partial charge in [0.2, 0.25) is 0 Å². The molecule has 0 aliphatic rings. The molecule has 110 valence electrons. The van der Waals surface area contributed by atoms with Gasteiger partial charge in [-0.05, 0) is 49.7 Å². The molecule has 4 nitrogen and oxygen atoms in total. The number of carbonyl (C=O) groups is 1. The second-order valence-electron chi connectivity index (χ2n) is 5.11. The summed E-state index contributed by atoms with van der Waals surface area (Å²) in [6.07, 6.45) is 3.36. The predicted octanol–water partition coefficient (Wildman–Crippen LogP) is 2.69. The molecule has 1 aromatic carbocycles. The van der Waals surface area contributed by atoms with E-state index < -0.39 is 5.60 Å². The van der Waals surface area contributed by atoms with Crippen LogP contribution in [0.1, 0.15) is 19.4 Å². The maximum absolute atomic E-state index is 12.8. The molecule has 1 amide bonds. The van der Waals surface area contributed by atoms with E-state index in [0.717, 1.165) is 5.56 Å². The molecular formula is C16H17FN2O2. The largest absolute Gasteiger partial charge is 0.478 e. The van der Waals surface area contributed by atoms with Gasteiger partial charge < -0.3 is 10.1 Å². The number of nitrogens with zero attached hydrogens (tertiary/aromatic N) is 1. The summed E-state index contributed by atoms with van der Waals surface area (Å²) in [5.74, 6) is -0.158. The van der Waals surface area contributed by atoms with E-state index in [-0.39, 0.29) is 11.7 Å². The SMILES string of the molecule is CC(C)(Oc1ccc(F)cc1)C(=O)NCc1cccnc1. The van der Waals surface area contributed by atoms with Crippen LogP contribution < -0.4 is 10.1 Å². The summed E-state index contributed by atoms with van der Waals surface area (Å²) in [7, 11) is 0. The van der Waals surface area contributed by atoms with Gasteiger partial charge in [0.05, 0.1) is 0 Å². The van der Waals surface area contributed by atoms with Crippen LogP contribution in [0.15, 0.2) is 48.8 Å². The number of benzene rings is 1. The summed E-state index contributed by atoms with van der Waals surface area (Å²) in [4.78, 5) is 16.2. The Balaban J connectivity index is 1.95. The molecule has 5 heteroatoms. The Labute approximate surface area is 123 Å². The smallest absolute Gasteiger partial charge is 0.263 e. The third-order valence-electron chi connectivity index (χ3n) is 2.91. The van der Waals surface area contributed by atoms with Crippen LogP contribution in [-0.4, -0.2) is 16.5 Å². The van der Waals surface area contributed by atoms with Crippen molar-refractivity contribution in [3.05, 3.63) is 60.2 Å². The lowest BCUT2D eigenvalue weighted by atomic mass is 10.1. The van der Waals surface area contributed by atoms with E-state index in [2.05, 4.69) is 10.3 Å². The summed E-state index contributed by atoms with van der Waals surface area (Å²) < 4.78 is 18.5. The number of halogens is 1. The van der Waals surface area contributed by atoms with Gasteiger partial charge >= 0.3 is 0 Å². The number of hydrogen-bond donors (Lipinski definition) is 1. The second-order valence-corrected chi connectivity index (χ2v) is 5.11. The second kappa shape index (κ2) is 6.35. The van der Waals surface area contributed by atoms with E-state index in [1.54, 1.807) is 26.2 Å². The molecule has 0 spiro atoms. The van der Waals surface area contributed by atoms with Crippen LogP contribution >= 0.6 is 0 Å². The van der Waals surface area contributed by atoms with Crippen LogP contribution in [0.2, 0.25) is 0 Å². The first kappa shape index (κ1) is 15.0. The summed E-state index contributed by atoms with van der Waals surface area (Å²) in [5, 5.41) is 2.79. The fourth-order valence-corrected chi connectivity index (χ4v) is 1.74. The van der Waals surface area contributed by atoms with Crippen molar-refractivity contribution < 1.29 is 13.9 Å². The Morgan fingerprint density at radius 2 is 2.00 bits per heavy atom. The molecule has 0 atom stereocenters. The van der Waals surface area contributed by atoms with Gasteiger partial charge in [-0.2, -0.15) is 0 Å². The maximum Gasteiger partial charge on any atom is 0.263 e. The Morgan fingerprint density at radius 3 is 2.62 bits per heavy atom. The predicted molar refractivity (Wildman–Crippen MR) is 77.2 cm³/mol. The summed E-state index contributed by atoms with van der Waals surface area (Å²) in [5.41, 5.74) is -0.150. The van der Waals surface area contributed by atoms with Crippen molar-refractivity contribution in [2.45, 2.75) is 26.0 Å². The van der Waals surface area contributed by atoms with Crippen molar-refractivity contribution in [3.63, 3.8) is 0 Å². The molecule has 0 aliphatic carbocycles. The average molecular weight is 288 g/mol. The van der Waals surface area contributed by atoms with Gasteiger partial charge in [-0.25, -0.2) is 4.39 Å². The molecule has 1 heterocycles. The summed E-state index contributed by atoms with van der Waals surface area (Å²) >= 11 is 0. The van der Waals surface area contributed by atoms with E-state index in [1.165, 1.54) is 24.3 Å². The Morgan fingerprint density at radius 1 is 1.29 bits per heavy atom. The number of pyridine rings is 1. The van der Waals surface area contributed by atoms with Crippen molar-refractivity contribution in [1.29, 1.82) is 0 Å². The van der Waals surface area contributed by atoms with Crippen molar-refractivity contribution in [2.24, 2.45) is 0 Å². The quantitative estimate of drug-likeness (QED) is 0.920. The number of hydrogen-bond acceptors (Lipinski definition) is 3. The first-order valence-electron chi connectivity index (χ1n) is 6.59. The average Bonchev–Trinajstić information content (AvgIpc) is 2.48. The highest BCUT2D eigenvalue weighted by Gasteiger charge is 2.29. The van der Waals surface area contributed by atoms with Gasteiger partial charge in [0.15, 0.2) is 5.60 Å². The lowest BCUT2D eigenvalue weighted by Gasteiger charge is -2.25. The number of ether oxygens (including phenoxy) is 1. The molecule has 0 radical (unpaired) electrons. The van der Waals surface area contributed by atoms with Crippen molar-refractivity contribution in [2.75, 3.05) is 0 Å². The minimum atomic E-state index is -1.06. The molecule has 0 unspecified atom stereocenters. The van der Waals surface area contributed by atoms with Crippen molar-refractivity contribution in [1.82, 2.24) is 10.3 Å². The van der Waals surface area contributed by atoms with Crippen LogP contribution in [0.4, 0.5) is 4.39 Å². The summed E-state index contributed by atoms with van der Waals surface area (Å²) in [6, 6.07) is 9.25. The van der Waals surface area contributed by atoms with E-state index >= 15 is 0 Å². The molecular weight excluding hydrogens is 271 g/mol. The topological polar surface area (TPSA) is 51.2 Å². The van der Waals surface area contributed by atoms with Crippen molar-refractivity contribution >= 4 is 5.91 Å². The number of nitrogens with one attached hydrogen (secondary N) is 1. The molecule has 1 aromatic heterocycles. The van der Waals surface area contributed by atoms with Crippen LogP contribution in [0.5, 0.6) is 5.75 Å². The van der Waals surface area contributed by atoms with Crippen LogP contribution in [-0.2, 0) is 11.3 Å². The molecule has 0 saturated heterocycles. The Hall–Kier alpha value is -2.43. The highest BCUT2D eigenvalue weighted by molar-refractivity contribution is 5.84. The molecule has 2 aromatic rings. The number of carbonyl (C=O) groups excluding carboxylic acids is 1. The van der Waals surface area contributed by atoms with Gasteiger partial charge in [0, 0.05) is 18.9 Å². The van der Waals surface area contributed by atoms with Crippen molar-refractivity contribution in [3.8, 4) is 5.75 Å². The van der Waals surface area contributed by atoms with E-state index in [4.69, 9.17) is 4.74 Å². The monoisotopic (exact) mass is 288 g/mol. The Bertz CT molecular complexity index is 597. The highest BCUT2D eigenvalue weighted by Crippen LogP contribution is 2.19. The fraction of sp³-hybridized carbons (Fsp3) is 0.250. The number of aromatic nitrogens is 1. The zero-order valence-electron chi connectivity index (χ0n) is 12.0. The molecule has 0 fully saturated rings. The molecule has 0 aliphatic heterocycles. The number of amides is 1. The van der Waals surface area contributed by atoms with Gasteiger partial charge in [-0.15, -0.1) is 0 Å². The maximum atomic E-state index is 12.8. The molecule has 0 bridgehead atoms. The van der Waals surface area contributed by atoms with E-state index in [9.17, 15) is 9.18 Å². The molecule has 0 saturated carbocycles.